The lowest BCUT2D eigenvalue weighted by molar-refractivity contribution is -0.141. The van der Waals surface area contributed by atoms with Crippen LogP contribution in [0.3, 0.4) is 0 Å². The van der Waals surface area contributed by atoms with E-state index in [1.807, 2.05) is 44.2 Å². The van der Waals surface area contributed by atoms with Gasteiger partial charge in [-0.15, -0.1) is 0 Å². The standard InChI is InChI=1S/C15H21NO4/c1-12(2)11-20-15(18)16(10-14(17)19-3)9-13-7-5-4-6-8-13/h4-8,12H,9-11H2,1-3H3. The van der Waals surface area contributed by atoms with Crippen molar-refractivity contribution in [1.29, 1.82) is 0 Å². The molecular formula is C15H21NO4. The Labute approximate surface area is 119 Å². The summed E-state index contributed by atoms with van der Waals surface area (Å²) < 4.78 is 9.77. The smallest absolute Gasteiger partial charge is 0.410 e. The van der Waals surface area contributed by atoms with Crippen LogP contribution >= 0.6 is 0 Å². The highest BCUT2D eigenvalue weighted by atomic mass is 16.6. The predicted molar refractivity (Wildman–Crippen MR) is 75.1 cm³/mol. The number of carbonyl (C=O) groups is 2. The van der Waals surface area contributed by atoms with Gasteiger partial charge in [-0.2, -0.15) is 0 Å². The minimum Gasteiger partial charge on any atom is -0.468 e. The average Bonchev–Trinajstić information content (AvgIpc) is 2.44. The molecular weight excluding hydrogens is 258 g/mol. The fourth-order valence-electron chi connectivity index (χ4n) is 1.54. The molecule has 20 heavy (non-hydrogen) atoms. The first-order valence-electron chi connectivity index (χ1n) is 6.55. The number of amides is 1. The van der Waals surface area contributed by atoms with Gasteiger partial charge in [-0.1, -0.05) is 44.2 Å². The van der Waals surface area contributed by atoms with Gasteiger partial charge in [-0.05, 0) is 11.5 Å². The van der Waals surface area contributed by atoms with Crippen molar-refractivity contribution in [2.75, 3.05) is 20.3 Å². The van der Waals surface area contributed by atoms with Crippen LogP contribution in [0.2, 0.25) is 0 Å². The van der Waals surface area contributed by atoms with Crippen molar-refractivity contribution in [2.24, 2.45) is 5.92 Å². The van der Waals surface area contributed by atoms with Gasteiger partial charge in [0.05, 0.1) is 13.7 Å². The number of nitrogens with zero attached hydrogens (tertiary/aromatic N) is 1. The molecule has 0 bridgehead atoms. The van der Waals surface area contributed by atoms with Gasteiger partial charge >= 0.3 is 12.1 Å². The number of rotatable bonds is 6. The van der Waals surface area contributed by atoms with Crippen LogP contribution in [-0.2, 0) is 20.8 Å². The molecule has 0 aliphatic heterocycles. The van der Waals surface area contributed by atoms with E-state index in [1.165, 1.54) is 12.0 Å². The molecule has 0 spiro atoms. The van der Waals surface area contributed by atoms with E-state index in [0.717, 1.165) is 5.56 Å². The predicted octanol–water partition coefficient (Wildman–Crippen LogP) is 2.45. The summed E-state index contributed by atoms with van der Waals surface area (Å²) in [6.07, 6.45) is -0.507. The first-order chi connectivity index (χ1) is 9.52. The molecule has 1 aromatic rings. The van der Waals surface area contributed by atoms with Crippen LogP contribution in [0.1, 0.15) is 19.4 Å². The number of hydrogen-bond donors (Lipinski definition) is 0. The molecule has 5 heteroatoms. The summed E-state index contributed by atoms with van der Waals surface area (Å²) in [5.41, 5.74) is 0.929. The summed E-state index contributed by atoms with van der Waals surface area (Å²) in [4.78, 5) is 24.7. The topological polar surface area (TPSA) is 55.8 Å². The van der Waals surface area contributed by atoms with Crippen LogP contribution in [0.4, 0.5) is 4.79 Å². The van der Waals surface area contributed by atoms with Crippen LogP contribution < -0.4 is 0 Å². The highest BCUT2D eigenvalue weighted by molar-refractivity contribution is 5.77. The third kappa shape index (κ3) is 5.73. The second-order valence-corrected chi connectivity index (χ2v) is 4.89. The number of benzene rings is 1. The molecule has 1 rings (SSSR count). The Hall–Kier alpha value is -2.04. The highest BCUT2D eigenvalue weighted by Gasteiger charge is 2.19. The Morgan fingerprint density at radius 3 is 2.40 bits per heavy atom. The molecule has 0 fully saturated rings. The average molecular weight is 279 g/mol. The second-order valence-electron chi connectivity index (χ2n) is 4.89. The zero-order chi connectivity index (χ0) is 15.0. The van der Waals surface area contributed by atoms with Gasteiger partial charge in [-0.3, -0.25) is 9.69 Å². The lowest BCUT2D eigenvalue weighted by Gasteiger charge is -2.21. The van der Waals surface area contributed by atoms with Gasteiger partial charge in [0.15, 0.2) is 0 Å². The van der Waals surface area contributed by atoms with Crippen molar-refractivity contribution in [3.05, 3.63) is 35.9 Å². The zero-order valence-electron chi connectivity index (χ0n) is 12.2. The molecule has 0 heterocycles. The summed E-state index contributed by atoms with van der Waals surface area (Å²) in [6, 6.07) is 9.43. The van der Waals surface area contributed by atoms with Crippen LogP contribution in [0, 0.1) is 5.92 Å². The van der Waals surface area contributed by atoms with Crippen molar-refractivity contribution >= 4 is 12.1 Å². The number of esters is 1. The number of ether oxygens (including phenoxy) is 2. The molecule has 1 aromatic carbocycles. The Kier molecular flexibility index (Phi) is 6.56. The van der Waals surface area contributed by atoms with E-state index < -0.39 is 12.1 Å². The van der Waals surface area contributed by atoms with Crippen molar-refractivity contribution in [3.8, 4) is 0 Å². The fourth-order valence-corrected chi connectivity index (χ4v) is 1.54. The van der Waals surface area contributed by atoms with Crippen LogP contribution in [0.5, 0.6) is 0 Å². The molecule has 0 radical (unpaired) electrons. The molecule has 0 N–H and O–H groups in total. The molecule has 0 saturated carbocycles. The SMILES string of the molecule is COC(=O)CN(Cc1ccccc1)C(=O)OCC(C)C. The zero-order valence-corrected chi connectivity index (χ0v) is 12.2. The Morgan fingerprint density at radius 1 is 1.20 bits per heavy atom. The van der Waals surface area contributed by atoms with Gasteiger partial charge in [0.25, 0.3) is 0 Å². The van der Waals surface area contributed by atoms with Crippen molar-refractivity contribution in [1.82, 2.24) is 4.90 Å². The van der Waals surface area contributed by atoms with Gasteiger partial charge in [0.1, 0.15) is 6.54 Å². The Bertz CT molecular complexity index is 431. The highest BCUT2D eigenvalue weighted by Crippen LogP contribution is 2.07. The van der Waals surface area contributed by atoms with Crippen molar-refractivity contribution < 1.29 is 19.1 Å². The number of hydrogen-bond acceptors (Lipinski definition) is 4. The fraction of sp³-hybridized carbons (Fsp3) is 0.467. The number of carbonyl (C=O) groups excluding carboxylic acids is 2. The van der Waals surface area contributed by atoms with Crippen LogP contribution in [-0.4, -0.2) is 37.2 Å². The van der Waals surface area contributed by atoms with Crippen molar-refractivity contribution in [2.45, 2.75) is 20.4 Å². The van der Waals surface area contributed by atoms with E-state index in [4.69, 9.17) is 4.74 Å². The molecule has 0 atom stereocenters. The van der Waals surface area contributed by atoms with Gasteiger partial charge in [-0.25, -0.2) is 4.79 Å². The second kappa shape index (κ2) is 8.19. The number of methoxy groups -OCH3 is 1. The summed E-state index contributed by atoms with van der Waals surface area (Å²) in [5, 5.41) is 0. The van der Waals surface area contributed by atoms with Gasteiger partial charge in [0, 0.05) is 6.54 Å². The van der Waals surface area contributed by atoms with E-state index >= 15 is 0 Å². The van der Waals surface area contributed by atoms with Gasteiger partial charge in [0.2, 0.25) is 0 Å². The third-order valence-corrected chi connectivity index (χ3v) is 2.56. The maximum absolute atomic E-state index is 12.0. The minimum absolute atomic E-state index is 0.123. The van der Waals surface area contributed by atoms with E-state index in [2.05, 4.69) is 4.74 Å². The van der Waals surface area contributed by atoms with E-state index in [1.54, 1.807) is 0 Å². The maximum atomic E-state index is 12.0. The summed E-state index contributed by atoms with van der Waals surface area (Å²) >= 11 is 0. The normalized spacial score (nSPS) is 10.2. The maximum Gasteiger partial charge on any atom is 0.410 e. The lowest BCUT2D eigenvalue weighted by atomic mass is 10.2. The Balaban J connectivity index is 2.69. The first kappa shape index (κ1) is 16.0. The Morgan fingerprint density at radius 2 is 1.85 bits per heavy atom. The van der Waals surface area contributed by atoms with Gasteiger partial charge < -0.3 is 9.47 Å². The quantitative estimate of drug-likeness (QED) is 0.751. The van der Waals surface area contributed by atoms with Crippen LogP contribution in [0.25, 0.3) is 0 Å². The molecule has 0 saturated heterocycles. The minimum atomic E-state index is -0.507. The largest absolute Gasteiger partial charge is 0.468 e. The van der Waals surface area contributed by atoms with E-state index in [9.17, 15) is 9.59 Å². The third-order valence-electron chi connectivity index (χ3n) is 2.56. The summed E-state index contributed by atoms with van der Waals surface area (Å²) in [5.74, 6) is -0.224. The molecule has 5 nitrogen and oxygen atoms in total. The van der Waals surface area contributed by atoms with E-state index in [-0.39, 0.29) is 12.5 Å². The summed E-state index contributed by atoms with van der Waals surface area (Å²) in [6.45, 7) is 4.42. The van der Waals surface area contributed by atoms with E-state index in [0.29, 0.717) is 13.2 Å². The van der Waals surface area contributed by atoms with Crippen molar-refractivity contribution in [3.63, 3.8) is 0 Å². The molecule has 0 unspecified atom stereocenters. The van der Waals surface area contributed by atoms with Crippen LogP contribution in [0.15, 0.2) is 30.3 Å². The first-order valence-corrected chi connectivity index (χ1v) is 6.55. The molecule has 0 aliphatic rings. The molecule has 110 valence electrons. The lowest BCUT2D eigenvalue weighted by Crippen LogP contribution is -2.36. The monoisotopic (exact) mass is 279 g/mol. The molecule has 1 amide bonds. The summed E-state index contributed by atoms with van der Waals surface area (Å²) in [7, 11) is 1.29. The molecule has 0 aliphatic carbocycles. The molecule has 0 aromatic heterocycles.